The van der Waals surface area contributed by atoms with E-state index in [4.69, 9.17) is 0 Å². The van der Waals surface area contributed by atoms with E-state index in [-0.39, 0.29) is 39.9 Å². The predicted octanol–water partition coefficient (Wildman–Crippen LogP) is 0.0976. The maximum Gasteiger partial charge on any atom is 0.352 e. The van der Waals surface area contributed by atoms with Crippen molar-refractivity contribution in [2.24, 2.45) is 0 Å². The predicted molar refractivity (Wildman–Crippen MR) is 112 cm³/mol. The third kappa shape index (κ3) is 3.99. The van der Waals surface area contributed by atoms with Gasteiger partial charge in [0, 0.05) is 5.69 Å². The lowest BCUT2D eigenvalue weighted by molar-refractivity contribution is -0.717. The van der Waals surface area contributed by atoms with Gasteiger partial charge in [0.05, 0.1) is 23.4 Å². The Labute approximate surface area is 181 Å². The molecule has 1 aliphatic rings. The van der Waals surface area contributed by atoms with Crippen LogP contribution in [0.25, 0.3) is 0 Å². The number of H-pyrrole nitrogens is 1. The Morgan fingerprint density at radius 3 is 2.44 bits per heavy atom. The van der Waals surface area contributed by atoms with Crippen LogP contribution >= 0.6 is 0 Å². The quantitative estimate of drug-likeness (QED) is 0.252. The maximum atomic E-state index is 12.4. The molecule has 3 aromatic rings. The fourth-order valence-electron chi connectivity index (χ4n) is 3.31. The van der Waals surface area contributed by atoms with Gasteiger partial charge in [-0.3, -0.25) is 9.54 Å². The molecule has 1 aliphatic heterocycles. The van der Waals surface area contributed by atoms with Crippen molar-refractivity contribution in [1.29, 1.82) is 0 Å². The molecule has 1 unspecified atom stereocenters. The van der Waals surface area contributed by atoms with Crippen LogP contribution in [0.1, 0.15) is 27.6 Å². The van der Waals surface area contributed by atoms with Gasteiger partial charge in [0.2, 0.25) is 11.9 Å². The van der Waals surface area contributed by atoms with Crippen LogP contribution in [0.15, 0.2) is 52.2 Å². The Kier molecular flexibility index (Phi) is 5.30. The highest BCUT2D eigenvalue weighted by atomic mass is 32.2. The number of nitrogens with zero attached hydrogens (tertiary/aromatic N) is 2. The molecule has 0 radical (unpaired) electrons. The number of carbonyl (C=O) groups excluding carboxylic acids is 2. The number of imide groups is 1. The molecule has 0 saturated heterocycles. The summed E-state index contributed by atoms with van der Waals surface area (Å²) in [7, 11) is -4.53. The van der Waals surface area contributed by atoms with E-state index >= 15 is 0 Å². The third-order valence-electron chi connectivity index (χ3n) is 4.74. The number of hydrogen-bond donors (Lipinski definition) is 5. The number of carbonyl (C=O) groups is 2. The Hall–Kier alpha value is -3.94. The zero-order valence-corrected chi connectivity index (χ0v) is 17.4. The highest BCUT2D eigenvalue weighted by Crippen LogP contribution is 2.24. The van der Waals surface area contributed by atoms with Crippen molar-refractivity contribution >= 4 is 45.2 Å². The molecule has 13 heteroatoms. The van der Waals surface area contributed by atoms with Crippen molar-refractivity contribution in [1.82, 2.24) is 15.0 Å². The highest BCUT2D eigenvalue weighted by Gasteiger charge is 2.40. The molecule has 2 amide bonds. The minimum atomic E-state index is -4.53. The first-order valence-electron chi connectivity index (χ1n) is 9.35. The topological polar surface area (TPSA) is 176 Å². The summed E-state index contributed by atoms with van der Waals surface area (Å²) in [5, 5.41) is 5.42. The van der Waals surface area contributed by atoms with Crippen molar-refractivity contribution < 1.29 is 27.5 Å². The molecule has 2 aromatic carbocycles. The number of aromatic nitrogens is 3. The number of nitrogens with one attached hydrogen (secondary N) is 4. The van der Waals surface area contributed by atoms with Gasteiger partial charge in [-0.2, -0.15) is 18.4 Å². The van der Waals surface area contributed by atoms with Gasteiger partial charge in [-0.25, -0.2) is 19.3 Å². The summed E-state index contributed by atoms with van der Waals surface area (Å²) in [5.74, 6) is -0.912. The molecule has 12 nitrogen and oxygen atoms in total. The van der Waals surface area contributed by atoms with Gasteiger partial charge in [0.25, 0.3) is 10.1 Å². The number of amides is 2. The summed E-state index contributed by atoms with van der Waals surface area (Å²) >= 11 is 0. The number of para-hydroxylation sites is 1. The summed E-state index contributed by atoms with van der Waals surface area (Å²) < 4.78 is 32.5. The molecule has 0 aliphatic carbocycles. The average molecular weight is 457 g/mol. The van der Waals surface area contributed by atoms with Crippen molar-refractivity contribution in [3.8, 4) is 0 Å². The maximum absolute atomic E-state index is 12.4. The van der Waals surface area contributed by atoms with Gasteiger partial charge in [0.15, 0.2) is 0 Å². The Balaban J connectivity index is 1.63. The Morgan fingerprint density at radius 1 is 1.00 bits per heavy atom. The summed E-state index contributed by atoms with van der Waals surface area (Å²) in [5.41, 5.74) is 0.145. The van der Waals surface area contributed by atoms with Crippen LogP contribution in [0.3, 0.4) is 0 Å². The largest absolute Gasteiger partial charge is 0.352 e. The smallest absolute Gasteiger partial charge is 0.326 e. The minimum absolute atomic E-state index is 0.0316. The zero-order chi connectivity index (χ0) is 23.0. The number of fused-ring (bicyclic) bond motifs is 1. The van der Waals surface area contributed by atoms with Crippen LogP contribution in [0.2, 0.25) is 0 Å². The third-order valence-corrected chi connectivity index (χ3v) is 5.65. The molecule has 164 valence electrons. The molecule has 0 fully saturated rings. The summed E-state index contributed by atoms with van der Waals surface area (Å²) in [6.45, 7) is 2.06. The summed E-state index contributed by atoms with van der Waals surface area (Å²) in [6, 6.07) is 10.0. The normalized spacial score (nSPS) is 15.5. The van der Waals surface area contributed by atoms with Crippen molar-refractivity contribution in [2.45, 2.75) is 11.8 Å². The van der Waals surface area contributed by atoms with Gasteiger partial charge >= 0.3 is 17.5 Å². The molecular weight excluding hydrogens is 440 g/mol. The Morgan fingerprint density at radius 2 is 1.72 bits per heavy atom. The number of aromatic amines is 1. The lowest BCUT2D eigenvalue weighted by atomic mass is 10.1. The minimum Gasteiger partial charge on any atom is -0.326 e. The number of quaternary nitrogens is 1. The van der Waals surface area contributed by atoms with Crippen LogP contribution < -0.4 is 21.2 Å². The standard InChI is InChI=1S/C19H16N6O6S/c1-2-25-15(26)11-8-7-10(9-12(11)16(25)27)20-17-22-18(24-19(28)23-17)21-13-5-3-4-6-14(13)32(29,30)31/h3-9H,2H2,1H3,(H,29,30,31)(H3,20,21,22,23,24,28)/p+1. The second kappa shape index (κ2) is 7.96. The molecule has 4 rings (SSSR count). The number of anilines is 4. The molecule has 0 bridgehead atoms. The van der Waals surface area contributed by atoms with Gasteiger partial charge in [0.1, 0.15) is 4.90 Å². The SMILES string of the molecule is CC[NH+]1C(=O)c2ccc(Nc3nc(Nc4ccccc4S(=O)(=O)O)nc(=O)[nH]3)cc2C1=O. The summed E-state index contributed by atoms with van der Waals surface area (Å²) in [4.78, 5) is 46.6. The monoisotopic (exact) mass is 457 g/mol. The van der Waals surface area contributed by atoms with E-state index in [9.17, 15) is 27.4 Å². The van der Waals surface area contributed by atoms with E-state index in [0.29, 0.717) is 17.8 Å². The number of benzene rings is 2. The van der Waals surface area contributed by atoms with Crippen LogP contribution in [-0.2, 0) is 10.1 Å². The Bertz CT molecular complexity index is 1420. The van der Waals surface area contributed by atoms with E-state index in [2.05, 4.69) is 25.6 Å². The first-order valence-corrected chi connectivity index (χ1v) is 10.8. The van der Waals surface area contributed by atoms with Crippen LogP contribution in [0.4, 0.5) is 23.3 Å². The average Bonchev–Trinajstić information content (AvgIpc) is 2.96. The lowest BCUT2D eigenvalue weighted by Crippen LogP contribution is -3.14. The first kappa shape index (κ1) is 21.3. The molecular formula is C19H17N6O6S+. The van der Waals surface area contributed by atoms with Gasteiger partial charge in [-0.15, -0.1) is 0 Å². The highest BCUT2D eigenvalue weighted by molar-refractivity contribution is 7.86. The molecule has 0 saturated carbocycles. The van der Waals surface area contributed by atoms with E-state index in [1.807, 2.05) is 0 Å². The van der Waals surface area contributed by atoms with E-state index < -0.39 is 20.7 Å². The van der Waals surface area contributed by atoms with Crippen molar-refractivity contribution in [3.63, 3.8) is 0 Å². The van der Waals surface area contributed by atoms with E-state index in [1.54, 1.807) is 13.0 Å². The lowest BCUT2D eigenvalue weighted by Gasteiger charge is -2.10. The first-order chi connectivity index (χ1) is 15.2. The molecule has 1 atom stereocenters. The van der Waals surface area contributed by atoms with Gasteiger partial charge in [-0.1, -0.05) is 12.1 Å². The second-order valence-corrected chi connectivity index (χ2v) is 8.19. The molecule has 0 spiro atoms. The van der Waals surface area contributed by atoms with E-state index in [0.717, 1.165) is 0 Å². The second-order valence-electron chi connectivity index (χ2n) is 6.80. The van der Waals surface area contributed by atoms with Crippen LogP contribution in [0, 0.1) is 0 Å². The number of hydrogen-bond acceptors (Lipinski definition) is 9. The fourth-order valence-corrected chi connectivity index (χ4v) is 3.96. The molecule has 2 heterocycles. The molecule has 32 heavy (non-hydrogen) atoms. The molecule has 1 aromatic heterocycles. The molecule has 5 N–H and O–H groups in total. The van der Waals surface area contributed by atoms with Gasteiger partial charge < -0.3 is 10.6 Å². The zero-order valence-electron chi connectivity index (χ0n) is 16.5. The van der Waals surface area contributed by atoms with Crippen LogP contribution in [-0.4, -0.2) is 46.3 Å². The number of rotatable bonds is 6. The summed E-state index contributed by atoms with van der Waals surface area (Å²) in [6.07, 6.45) is 0. The van der Waals surface area contributed by atoms with E-state index in [1.165, 1.54) is 36.4 Å². The van der Waals surface area contributed by atoms with Crippen molar-refractivity contribution in [3.05, 3.63) is 64.1 Å². The fraction of sp³-hybridized carbons (Fsp3) is 0.105. The van der Waals surface area contributed by atoms with Crippen molar-refractivity contribution in [2.75, 3.05) is 17.2 Å². The van der Waals surface area contributed by atoms with Crippen LogP contribution in [0.5, 0.6) is 0 Å². The van der Waals surface area contributed by atoms with Gasteiger partial charge in [-0.05, 0) is 37.3 Å².